The van der Waals surface area contributed by atoms with Crippen LogP contribution in [0.4, 0.5) is 0 Å². The summed E-state index contributed by atoms with van der Waals surface area (Å²) < 4.78 is 4.73. The number of amides is 2. The molecule has 0 aromatic rings. The van der Waals surface area contributed by atoms with Gasteiger partial charge in [0.2, 0.25) is 11.8 Å². The fourth-order valence-electron chi connectivity index (χ4n) is 1.43. The van der Waals surface area contributed by atoms with Crippen LogP contribution in [0.15, 0.2) is 0 Å². The summed E-state index contributed by atoms with van der Waals surface area (Å²) in [6.07, 6.45) is 0.380. The van der Waals surface area contributed by atoms with Crippen LogP contribution in [0.5, 0.6) is 0 Å². The summed E-state index contributed by atoms with van der Waals surface area (Å²) in [4.78, 5) is 23.5. The van der Waals surface area contributed by atoms with Gasteiger partial charge < -0.3 is 9.84 Å². The summed E-state index contributed by atoms with van der Waals surface area (Å²) in [5.41, 5.74) is 0. The molecule has 0 radical (unpaired) electrons. The number of hydrogen-bond acceptors (Lipinski definition) is 4. The first-order valence-corrected chi connectivity index (χ1v) is 4.65. The fraction of sp³-hybridized carbons (Fsp3) is 0.778. The molecule has 0 bridgehead atoms. The van der Waals surface area contributed by atoms with Crippen LogP contribution in [0.3, 0.4) is 0 Å². The third-order valence-electron chi connectivity index (χ3n) is 2.20. The van der Waals surface area contributed by atoms with Gasteiger partial charge in [0, 0.05) is 26.5 Å². The molecule has 80 valence electrons. The predicted molar refractivity (Wildman–Crippen MR) is 48.5 cm³/mol. The maximum atomic E-state index is 11.1. The van der Waals surface area contributed by atoms with Gasteiger partial charge in [-0.15, -0.1) is 0 Å². The zero-order chi connectivity index (χ0) is 10.6. The molecule has 1 N–H and O–H groups in total. The molecule has 0 aromatic carbocycles. The molecule has 1 atom stereocenters. The molecule has 1 aliphatic rings. The molecule has 1 saturated heterocycles. The lowest BCUT2D eigenvalue weighted by Gasteiger charge is -2.15. The first kappa shape index (κ1) is 11.1. The molecule has 1 aliphatic heterocycles. The monoisotopic (exact) mass is 201 g/mol. The molecule has 2 amide bonds. The number of aliphatic hydroxyl groups excluding tert-OH is 1. The molecule has 0 aliphatic carbocycles. The van der Waals surface area contributed by atoms with Crippen LogP contribution in [-0.2, 0) is 14.3 Å². The van der Waals surface area contributed by atoms with E-state index in [1.807, 2.05) is 0 Å². The lowest BCUT2D eigenvalue weighted by Crippen LogP contribution is -2.32. The van der Waals surface area contributed by atoms with Crippen LogP contribution in [0.25, 0.3) is 0 Å². The molecule has 0 saturated carbocycles. The third-order valence-corrected chi connectivity index (χ3v) is 2.20. The highest BCUT2D eigenvalue weighted by Crippen LogP contribution is 2.12. The van der Waals surface area contributed by atoms with Gasteiger partial charge in [0.1, 0.15) is 0 Å². The quantitative estimate of drug-likeness (QED) is 0.611. The molecule has 1 unspecified atom stereocenters. The van der Waals surface area contributed by atoms with E-state index < -0.39 is 6.10 Å². The lowest BCUT2D eigenvalue weighted by atomic mass is 10.2. The van der Waals surface area contributed by atoms with Gasteiger partial charge in [-0.2, -0.15) is 0 Å². The second kappa shape index (κ2) is 5.07. The van der Waals surface area contributed by atoms with Crippen molar-refractivity contribution in [1.82, 2.24) is 4.90 Å². The summed E-state index contributed by atoms with van der Waals surface area (Å²) in [6.45, 7) is 0.526. The van der Waals surface area contributed by atoms with E-state index in [-0.39, 0.29) is 18.4 Å². The van der Waals surface area contributed by atoms with Gasteiger partial charge in [-0.05, 0) is 6.42 Å². The van der Waals surface area contributed by atoms with Gasteiger partial charge >= 0.3 is 0 Å². The van der Waals surface area contributed by atoms with Gasteiger partial charge in [0.05, 0.1) is 12.7 Å². The summed E-state index contributed by atoms with van der Waals surface area (Å²) in [5.74, 6) is -0.278. The second-order valence-corrected chi connectivity index (χ2v) is 3.34. The Balaban J connectivity index is 2.30. The number of nitrogens with zero attached hydrogens (tertiary/aromatic N) is 1. The van der Waals surface area contributed by atoms with Crippen molar-refractivity contribution >= 4 is 11.8 Å². The molecule has 1 fully saturated rings. The number of carbonyl (C=O) groups is 2. The molecule has 14 heavy (non-hydrogen) atoms. The van der Waals surface area contributed by atoms with Gasteiger partial charge in [-0.3, -0.25) is 14.5 Å². The van der Waals surface area contributed by atoms with Gasteiger partial charge in [0.25, 0.3) is 0 Å². The van der Waals surface area contributed by atoms with E-state index in [0.717, 1.165) is 0 Å². The van der Waals surface area contributed by atoms with Crippen LogP contribution >= 0.6 is 0 Å². The molecule has 1 rings (SSSR count). The van der Waals surface area contributed by atoms with E-state index in [1.165, 1.54) is 12.0 Å². The zero-order valence-corrected chi connectivity index (χ0v) is 8.23. The van der Waals surface area contributed by atoms with Crippen LogP contribution in [0.1, 0.15) is 19.3 Å². The molecule has 0 aromatic heterocycles. The topological polar surface area (TPSA) is 66.8 Å². The van der Waals surface area contributed by atoms with Crippen molar-refractivity contribution in [3.8, 4) is 0 Å². The number of ether oxygens (including phenoxy) is 1. The third kappa shape index (κ3) is 2.78. The SMILES string of the molecule is COCC(O)CCN1C(=O)CCC1=O. The van der Waals surface area contributed by atoms with Crippen LogP contribution in [-0.4, -0.2) is 48.2 Å². The molecular weight excluding hydrogens is 186 g/mol. The van der Waals surface area contributed by atoms with Crippen LogP contribution in [0, 0.1) is 0 Å². The molecule has 5 heteroatoms. The molecule has 1 heterocycles. The Bertz CT molecular complexity index is 213. The van der Waals surface area contributed by atoms with E-state index >= 15 is 0 Å². The van der Waals surface area contributed by atoms with Gasteiger partial charge in [-0.1, -0.05) is 0 Å². The zero-order valence-electron chi connectivity index (χ0n) is 8.23. The number of likely N-dealkylation sites (tertiary alicyclic amines) is 1. The number of rotatable bonds is 5. The molecule has 0 spiro atoms. The number of imide groups is 1. The van der Waals surface area contributed by atoms with E-state index in [0.29, 0.717) is 25.8 Å². The average Bonchev–Trinajstić information content (AvgIpc) is 2.44. The minimum absolute atomic E-state index is 0.139. The summed E-state index contributed by atoms with van der Waals surface area (Å²) >= 11 is 0. The Labute approximate surface area is 82.6 Å². The van der Waals surface area contributed by atoms with E-state index in [2.05, 4.69) is 0 Å². The standard InChI is InChI=1S/C9H15NO4/c1-14-6-7(11)4-5-10-8(12)2-3-9(10)13/h7,11H,2-6H2,1H3. The van der Waals surface area contributed by atoms with Crippen molar-refractivity contribution in [2.75, 3.05) is 20.3 Å². The Morgan fingerprint density at radius 3 is 2.50 bits per heavy atom. The van der Waals surface area contributed by atoms with Gasteiger partial charge in [0.15, 0.2) is 0 Å². The number of aliphatic hydroxyl groups is 1. The Morgan fingerprint density at radius 1 is 1.43 bits per heavy atom. The van der Waals surface area contributed by atoms with E-state index in [1.54, 1.807) is 0 Å². The van der Waals surface area contributed by atoms with E-state index in [9.17, 15) is 14.7 Å². The Morgan fingerprint density at radius 2 is 2.00 bits per heavy atom. The highest BCUT2D eigenvalue weighted by atomic mass is 16.5. The highest BCUT2D eigenvalue weighted by Gasteiger charge is 2.28. The fourth-order valence-corrected chi connectivity index (χ4v) is 1.43. The van der Waals surface area contributed by atoms with Crippen LogP contribution in [0.2, 0.25) is 0 Å². The smallest absolute Gasteiger partial charge is 0.229 e. The number of hydrogen-bond donors (Lipinski definition) is 1. The minimum atomic E-state index is -0.610. The van der Waals surface area contributed by atoms with Crippen LogP contribution < -0.4 is 0 Å². The van der Waals surface area contributed by atoms with E-state index in [4.69, 9.17) is 4.74 Å². The maximum Gasteiger partial charge on any atom is 0.229 e. The lowest BCUT2D eigenvalue weighted by molar-refractivity contribution is -0.138. The number of methoxy groups -OCH3 is 1. The first-order chi connectivity index (χ1) is 6.65. The number of carbonyl (C=O) groups excluding carboxylic acids is 2. The molecule has 5 nitrogen and oxygen atoms in total. The predicted octanol–water partition coefficient (Wildman–Crippen LogP) is -0.467. The highest BCUT2D eigenvalue weighted by molar-refractivity contribution is 6.01. The first-order valence-electron chi connectivity index (χ1n) is 4.65. The summed E-state index contributed by atoms with van der Waals surface area (Å²) in [7, 11) is 1.50. The normalized spacial score (nSPS) is 19.1. The molecular formula is C9H15NO4. The average molecular weight is 201 g/mol. The largest absolute Gasteiger partial charge is 0.391 e. The van der Waals surface area contributed by atoms with Crippen molar-refractivity contribution in [3.63, 3.8) is 0 Å². The Kier molecular flexibility index (Phi) is 4.03. The minimum Gasteiger partial charge on any atom is -0.391 e. The second-order valence-electron chi connectivity index (χ2n) is 3.34. The maximum absolute atomic E-state index is 11.1. The summed E-state index contributed by atoms with van der Waals surface area (Å²) in [6, 6.07) is 0. The van der Waals surface area contributed by atoms with Crippen molar-refractivity contribution < 1.29 is 19.4 Å². The van der Waals surface area contributed by atoms with Crippen molar-refractivity contribution in [1.29, 1.82) is 0 Å². The summed E-state index contributed by atoms with van der Waals surface area (Å²) in [5, 5.41) is 9.31. The Hall–Kier alpha value is -0.940. The van der Waals surface area contributed by atoms with Crippen molar-refractivity contribution in [2.45, 2.75) is 25.4 Å². The van der Waals surface area contributed by atoms with Crippen molar-refractivity contribution in [2.24, 2.45) is 0 Å². The van der Waals surface area contributed by atoms with Crippen molar-refractivity contribution in [3.05, 3.63) is 0 Å². The van der Waals surface area contributed by atoms with Gasteiger partial charge in [-0.25, -0.2) is 0 Å².